The smallest absolute Gasteiger partial charge is 0.266 e. The molecule has 1 aliphatic heterocycles. The highest BCUT2D eigenvalue weighted by molar-refractivity contribution is 8.26. The highest BCUT2D eigenvalue weighted by Gasteiger charge is 2.32. The van der Waals surface area contributed by atoms with Gasteiger partial charge in [-0.1, -0.05) is 47.7 Å². The molecule has 1 aliphatic rings. The van der Waals surface area contributed by atoms with E-state index in [-0.39, 0.29) is 10.9 Å². The molecule has 6 nitrogen and oxygen atoms in total. The topological polar surface area (TPSA) is 87.8 Å². The van der Waals surface area contributed by atoms with Crippen LogP contribution in [0.15, 0.2) is 45.7 Å². The fourth-order valence-corrected chi connectivity index (χ4v) is 4.20. The molecule has 2 aromatic rings. The summed E-state index contributed by atoms with van der Waals surface area (Å²) in [4.78, 5) is 13.8. The van der Waals surface area contributed by atoms with Crippen molar-refractivity contribution in [1.82, 2.24) is 4.90 Å². The molecule has 1 amide bonds. The van der Waals surface area contributed by atoms with Crippen molar-refractivity contribution in [3.05, 3.63) is 52.1 Å². The number of thioether (sulfide) groups is 1. The Morgan fingerprint density at radius 1 is 1.27 bits per heavy atom. The van der Waals surface area contributed by atoms with E-state index in [1.54, 1.807) is 18.2 Å². The fraction of sp³-hybridized carbons (Fsp3) is 0.125. The number of hydrogen-bond acceptors (Lipinski definition) is 6. The third kappa shape index (κ3) is 4.36. The Kier molecular flexibility index (Phi) is 5.54. The highest BCUT2D eigenvalue weighted by atomic mass is 35.5. The summed E-state index contributed by atoms with van der Waals surface area (Å²) < 4.78 is 36.5. The van der Waals surface area contributed by atoms with Crippen LogP contribution >= 0.6 is 35.6 Å². The lowest BCUT2D eigenvalue weighted by Crippen LogP contribution is -2.32. The average Bonchev–Trinajstić information content (AvgIpc) is 3.11. The van der Waals surface area contributed by atoms with Gasteiger partial charge in [-0.25, -0.2) is 0 Å². The minimum absolute atomic E-state index is 0.204. The summed E-state index contributed by atoms with van der Waals surface area (Å²) in [5.41, 5.74) is 0.731. The van der Waals surface area contributed by atoms with E-state index in [1.807, 2.05) is 18.2 Å². The van der Waals surface area contributed by atoms with Crippen LogP contribution in [0, 0.1) is 0 Å². The van der Waals surface area contributed by atoms with Crippen LogP contribution in [0.4, 0.5) is 0 Å². The van der Waals surface area contributed by atoms with Crippen molar-refractivity contribution in [2.75, 3.05) is 12.3 Å². The van der Waals surface area contributed by atoms with Crippen LogP contribution in [0.5, 0.6) is 0 Å². The molecule has 26 heavy (non-hydrogen) atoms. The standard InChI is InChI=1S/C16H12ClNO5S3/c17-12-4-2-1-3-11(12)13-6-5-10(23-13)9-14-15(19)18(16(24)25-14)7-8-26(20,21)22/h1-6,9H,7-8H2,(H,20,21,22)/b14-9-. The third-order valence-corrected chi connectivity index (χ3v) is 5.89. The monoisotopic (exact) mass is 429 g/mol. The van der Waals surface area contributed by atoms with E-state index in [0.717, 1.165) is 22.2 Å². The predicted octanol–water partition coefficient (Wildman–Crippen LogP) is 3.69. The van der Waals surface area contributed by atoms with Crippen LogP contribution in [-0.2, 0) is 14.9 Å². The second-order valence-corrected chi connectivity index (χ2v) is 8.96. The van der Waals surface area contributed by atoms with E-state index in [0.29, 0.717) is 21.4 Å². The number of benzene rings is 1. The predicted molar refractivity (Wildman–Crippen MR) is 105 cm³/mol. The van der Waals surface area contributed by atoms with Gasteiger partial charge in [0, 0.05) is 18.2 Å². The molecular formula is C16H12ClNO5S3. The number of thiocarbonyl (C=S) groups is 1. The maximum absolute atomic E-state index is 12.4. The van der Waals surface area contributed by atoms with Crippen LogP contribution in [0.25, 0.3) is 17.4 Å². The van der Waals surface area contributed by atoms with Crippen LogP contribution in [0.3, 0.4) is 0 Å². The van der Waals surface area contributed by atoms with E-state index in [4.69, 9.17) is 32.8 Å². The van der Waals surface area contributed by atoms with Crippen molar-refractivity contribution >= 4 is 62.0 Å². The highest BCUT2D eigenvalue weighted by Crippen LogP contribution is 2.34. The minimum Gasteiger partial charge on any atom is -0.457 e. The minimum atomic E-state index is -4.18. The first-order chi connectivity index (χ1) is 12.2. The first kappa shape index (κ1) is 19.1. The summed E-state index contributed by atoms with van der Waals surface area (Å²) in [5.74, 6) is -0.0114. The van der Waals surface area contributed by atoms with Gasteiger partial charge < -0.3 is 4.42 Å². The lowest BCUT2D eigenvalue weighted by atomic mass is 10.2. The Balaban J connectivity index is 1.80. The summed E-state index contributed by atoms with van der Waals surface area (Å²) in [6, 6.07) is 10.7. The molecule has 0 radical (unpaired) electrons. The van der Waals surface area contributed by atoms with E-state index >= 15 is 0 Å². The molecule has 1 N–H and O–H groups in total. The Labute approximate surface area is 164 Å². The van der Waals surface area contributed by atoms with Gasteiger partial charge in [0.05, 0.1) is 15.7 Å². The zero-order chi connectivity index (χ0) is 18.9. The zero-order valence-corrected chi connectivity index (χ0v) is 16.3. The largest absolute Gasteiger partial charge is 0.457 e. The number of hydrogen-bond donors (Lipinski definition) is 1. The molecule has 1 aromatic heterocycles. The lowest BCUT2D eigenvalue weighted by Gasteiger charge is -2.12. The molecular weight excluding hydrogens is 418 g/mol. The van der Waals surface area contributed by atoms with Gasteiger partial charge in [-0.05, 0) is 24.3 Å². The summed E-state index contributed by atoms with van der Waals surface area (Å²) in [5, 5.41) is 0.546. The van der Waals surface area contributed by atoms with E-state index in [9.17, 15) is 13.2 Å². The quantitative estimate of drug-likeness (QED) is 0.440. The number of halogens is 1. The van der Waals surface area contributed by atoms with Crippen molar-refractivity contribution in [2.45, 2.75) is 0 Å². The Hall–Kier alpha value is -1.65. The van der Waals surface area contributed by atoms with Gasteiger partial charge in [0.2, 0.25) is 0 Å². The molecule has 0 saturated carbocycles. The number of nitrogens with zero attached hydrogens (tertiary/aromatic N) is 1. The summed E-state index contributed by atoms with van der Waals surface area (Å²) in [6.45, 7) is -0.204. The number of carbonyl (C=O) groups excluding carboxylic acids is 1. The van der Waals surface area contributed by atoms with Gasteiger partial charge in [-0.2, -0.15) is 8.42 Å². The molecule has 1 saturated heterocycles. The molecule has 0 unspecified atom stereocenters. The molecule has 3 rings (SSSR count). The normalized spacial score (nSPS) is 16.7. The van der Waals surface area contributed by atoms with Gasteiger partial charge in [-0.15, -0.1) is 0 Å². The van der Waals surface area contributed by atoms with Crippen molar-refractivity contribution in [1.29, 1.82) is 0 Å². The molecule has 10 heteroatoms. The first-order valence-corrected chi connectivity index (χ1v) is 10.5. The fourth-order valence-electron chi connectivity index (χ4n) is 2.26. The summed E-state index contributed by atoms with van der Waals surface area (Å²) in [6.07, 6.45) is 1.53. The van der Waals surface area contributed by atoms with Crippen LogP contribution in [-0.4, -0.2) is 40.4 Å². The van der Waals surface area contributed by atoms with Gasteiger partial charge in [0.1, 0.15) is 15.8 Å². The second-order valence-electron chi connectivity index (χ2n) is 5.30. The van der Waals surface area contributed by atoms with E-state index in [1.165, 1.54) is 6.08 Å². The van der Waals surface area contributed by atoms with Gasteiger partial charge in [0.15, 0.2) is 0 Å². The van der Waals surface area contributed by atoms with Crippen LogP contribution in [0.1, 0.15) is 5.76 Å². The van der Waals surface area contributed by atoms with E-state index < -0.39 is 21.8 Å². The lowest BCUT2D eigenvalue weighted by molar-refractivity contribution is -0.121. The van der Waals surface area contributed by atoms with Crippen LogP contribution in [0.2, 0.25) is 5.02 Å². The Bertz CT molecular complexity index is 1010. The van der Waals surface area contributed by atoms with Gasteiger partial charge >= 0.3 is 0 Å². The average molecular weight is 430 g/mol. The molecule has 2 heterocycles. The van der Waals surface area contributed by atoms with Gasteiger partial charge in [0.25, 0.3) is 16.0 Å². The number of rotatable bonds is 5. The molecule has 0 aliphatic carbocycles. The maximum Gasteiger partial charge on any atom is 0.266 e. The molecule has 0 spiro atoms. The SMILES string of the molecule is O=C1/C(=C/c2ccc(-c3ccccc3Cl)o2)SC(=S)N1CCS(=O)(=O)O. The zero-order valence-electron chi connectivity index (χ0n) is 13.1. The molecule has 136 valence electrons. The second kappa shape index (κ2) is 7.53. The Morgan fingerprint density at radius 3 is 2.69 bits per heavy atom. The van der Waals surface area contributed by atoms with Crippen LogP contribution < -0.4 is 0 Å². The number of carbonyl (C=O) groups is 1. The first-order valence-electron chi connectivity index (χ1n) is 7.30. The molecule has 1 aromatic carbocycles. The molecule has 1 fully saturated rings. The molecule has 0 atom stereocenters. The third-order valence-electron chi connectivity index (χ3n) is 3.49. The van der Waals surface area contributed by atoms with Crippen molar-refractivity contribution in [3.8, 4) is 11.3 Å². The van der Waals surface area contributed by atoms with Crippen molar-refractivity contribution in [2.24, 2.45) is 0 Å². The number of furan rings is 1. The number of amides is 1. The summed E-state index contributed by atoms with van der Waals surface area (Å²) in [7, 11) is -4.18. The Morgan fingerprint density at radius 2 is 2.00 bits per heavy atom. The molecule has 0 bridgehead atoms. The summed E-state index contributed by atoms with van der Waals surface area (Å²) >= 11 is 12.3. The maximum atomic E-state index is 12.4. The van der Waals surface area contributed by atoms with Gasteiger partial charge in [-0.3, -0.25) is 14.2 Å². The van der Waals surface area contributed by atoms with Crippen molar-refractivity contribution < 1.29 is 22.2 Å². The van der Waals surface area contributed by atoms with Crippen molar-refractivity contribution in [3.63, 3.8) is 0 Å². The van der Waals surface area contributed by atoms with E-state index in [2.05, 4.69) is 0 Å².